The van der Waals surface area contributed by atoms with Crippen molar-refractivity contribution in [3.8, 4) is 0 Å². The highest BCUT2D eigenvalue weighted by Gasteiger charge is 1.93. The van der Waals surface area contributed by atoms with Crippen LogP contribution in [-0.2, 0) is 0 Å². The van der Waals surface area contributed by atoms with Gasteiger partial charge in [-0.25, -0.2) is 0 Å². The van der Waals surface area contributed by atoms with E-state index in [0.29, 0.717) is 0 Å². The van der Waals surface area contributed by atoms with Crippen LogP contribution in [-0.4, -0.2) is 32.7 Å². The van der Waals surface area contributed by atoms with E-state index in [4.69, 9.17) is 5.73 Å². The van der Waals surface area contributed by atoms with E-state index in [2.05, 4.69) is 17.6 Å². The van der Waals surface area contributed by atoms with E-state index in [0.717, 1.165) is 32.6 Å². The Bertz CT molecular complexity index is 156. The first-order chi connectivity index (χ1) is 10.4. The maximum absolute atomic E-state index is 5.44. The Balaban J connectivity index is 2.90. The third-order valence-electron chi connectivity index (χ3n) is 3.97. The fourth-order valence-electron chi connectivity index (χ4n) is 2.55. The molecule has 0 aliphatic rings. The molecule has 0 aliphatic carbocycles. The molecule has 21 heavy (non-hydrogen) atoms. The zero-order valence-electron chi connectivity index (χ0n) is 14.6. The molecule has 0 saturated heterocycles. The SMILES string of the molecule is CCCCCCCCCCCCNCCCNCCCN. The van der Waals surface area contributed by atoms with Gasteiger partial charge in [0.15, 0.2) is 0 Å². The maximum Gasteiger partial charge on any atom is -0.00368 e. The lowest BCUT2D eigenvalue weighted by molar-refractivity contribution is 0.535. The molecule has 0 spiro atoms. The van der Waals surface area contributed by atoms with Crippen molar-refractivity contribution < 1.29 is 0 Å². The molecular weight excluding hydrogens is 258 g/mol. The van der Waals surface area contributed by atoms with Crippen LogP contribution in [0.1, 0.15) is 84.0 Å². The van der Waals surface area contributed by atoms with Crippen LogP contribution in [0.4, 0.5) is 0 Å². The molecule has 0 radical (unpaired) electrons. The summed E-state index contributed by atoms with van der Waals surface area (Å²) in [6.07, 6.45) is 16.5. The number of hydrogen-bond acceptors (Lipinski definition) is 3. The number of rotatable bonds is 18. The molecular formula is C18H41N3. The topological polar surface area (TPSA) is 50.1 Å². The van der Waals surface area contributed by atoms with Gasteiger partial charge in [-0.1, -0.05) is 64.7 Å². The van der Waals surface area contributed by atoms with Crippen molar-refractivity contribution in [1.82, 2.24) is 10.6 Å². The van der Waals surface area contributed by atoms with E-state index in [1.54, 1.807) is 0 Å². The summed E-state index contributed by atoms with van der Waals surface area (Å²) < 4.78 is 0. The molecule has 0 rings (SSSR count). The summed E-state index contributed by atoms with van der Waals surface area (Å²) in [5.74, 6) is 0. The molecule has 3 heteroatoms. The summed E-state index contributed by atoms with van der Waals surface area (Å²) >= 11 is 0. The van der Waals surface area contributed by atoms with Crippen molar-refractivity contribution >= 4 is 0 Å². The molecule has 0 heterocycles. The van der Waals surface area contributed by atoms with E-state index in [1.807, 2.05) is 0 Å². The third kappa shape index (κ3) is 19.9. The smallest absolute Gasteiger partial charge is 0.00368 e. The van der Waals surface area contributed by atoms with Gasteiger partial charge in [-0.05, 0) is 52.0 Å². The second-order valence-corrected chi connectivity index (χ2v) is 6.18. The van der Waals surface area contributed by atoms with Gasteiger partial charge in [-0.3, -0.25) is 0 Å². The van der Waals surface area contributed by atoms with Crippen molar-refractivity contribution in [2.75, 3.05) is 32.7 Å². The minimum Gasteiger partial charge on any atom is -0.330 e. The summed E-state index contributed by atoms with van der Waals surface area (Å²) in [5.41, 5.74) is 5.44. The Hall–Kier alpha value is -0.120. The summed E-state index contributed by atoms with van der Waals surface area (Å²) in [4.78, 5) is 0. The van der Waals surface area contributed by atoms with Crippen LogP contribution in [0.5, 0.6) is 0 Å². The standard InChI is InChI=1S/C18H41N3/c1-2-3-4-5-6-7-8-9-10-11-15-20-17-13-18-21-16-12-14-19/h20-21H,2-19H2,1H3. The van der Waals surface area contributed by atoms with E-state index in [-0.39, 0.29) is 0 Å². The lowest BCUT2D eigenvalue weighted by atomic mass is 10.1. The van der Waals surface area contributed by atoms with Crippen molar-refractivity contribution in [3.05, 3.63) is 0 Å². The molecule has 0 aromatic rings. The highest BCUT2D eigenvalue weighted by atomic mass is 14.9. The highest BCUT2D eigenvalue weighted by Crippen LogP contribution is 2.10. The van der Waals surface area contributed by atoms with Crippen molar-refractivity contribution in [1.29, 1.82) is 0 Å². The lowest BCUT2D eigenvalue weighted by Crippen LogP contribution is -2.24. The Morgan fingerprint density at radius 1 is 0.524 bits per heavy atom. The first-order valence-corrected chi connectivity index (χ1v) is 9.53. The minimum absolute atomic E-state index is 0.796. The van der Waals surface area contributed by atoms with Gasteiger partial charge in [0.05, 0.1) is 0 Å². The van der Waals surface area contributed by atoms with Crippen molar-refractivity contribution in [3.63, 3.8) is 0 Å². The lowest BCUT2D eigenvalue weighted by Gasteiger charge is -2.06. The van der Waals surface area contributed by atoms with E-state index in [1.165, 1.54) is 77.2 Å². The van der Waals surface area contributed by atoms with E-state index < -0.39 is 0 Å². The average Bonchev–Trinajstić information content (AvgIpc) is 2.50. The van der Waals surface area contributed by atoms with Crippen molar-refractivity contribution in [2.24, 2.45) is 5.73 Å². The third-order valence-corrected chi connectivity index (χ3v) is 3.97. The molecule has 0 amide bonds. The normalized spacial score (nSPS) is 11.1. The van der Waals surface area contributed by atoms with E-state index in [9.17, 15) is 0 Å². The largest absolute Gasteiger partial charge is 0.330 e. The Labute approximate surface area is 133 Å². The average molecular weight is 300 g/mol. The Morgan fingerprint density at radius 2 is 0.952 bits per heavy atom. The fraction of sp³-hybridized carbons (Fsp3) is 1.00. The van der Waals surface area contributed by atoms with Gasteiger partial charge < -0.3 is 16.4 Å². The highest BCUT2D eigenvalue weighted by molar-refractivity contribution is 4.54. The number of hydrogen-bond donors (Lipinski definition) is 3. The molecule has 0 atom stereocenters. The first-order valence-electron chi connectivity index (χ1n) is 9.53. The van der Waals surface area contributed by atoms with Gasteiger partial charge in [0.1, 0.15) is 0 Å². The molecule has 0 unspecified atom stereocenters. The molecule has 0 saturated carbocycles. The molecule has 4 N–H and O–H groups in total. The Kier molecular flexibility index (Phi) is 19.8. The van der Waals surface area contributed by atoms with Gasteiger partial charge in [0.2, 0.25) is 0 Å². The quantitative estimate of drug-likeness (QED) is 0.337. The minimum atomic E-state index is 0.796. The monoisotopic (exact) mass is 299 g/mol. The molecule has 0 bridgehead atoms. The van der Waals surface area contributed by atoms with Crippen LogP contribution in [0.15, 0.2) is 0 Å². The molecule has 0 aromatic heterocycles. The zero-order chi connectivity index (χ0) is 15.4. The van der Waals surface area contributed by atoms with Crippen molar-refractivity contribution in [2.45, 2.75) is 84.0 Å². The zero-order valence-corrected chi connectivity index (χ0v) is 14.6. The fourth-order valence-corrected chi connectivity index (χ4v) is 2.55. The molecule has 128 valence electrons. The molecule has 0 aliphatic heterocycles. The van der Waals surface area contributed by atoms with Crippen LogP contribution >= 0.6 is 0 Å². The second-order valence-electron chi connectivity index (χ2n) is 6.18. The van der Waals surface area contributed by atoms with Crippen LogP contribution in [0.2, 0.25) is 0 Å². The summed E-state index contributed by atoms with van der Waals surface area (Å²) in [5, 5.41) is 6.95. The van der Waals surface area contributed by atoms with Gasteiger partial charge in [0.25, 0.3) is 0 Å². The Morgan fingerprint density at radius 3 is 1.48 bits per heavy atom. The molecule has 0 fully saturated rings. The van der Waals surface area contributed by atoms with Gasteiger partial charge in [-0.15, -0.1) is 0 Å². The molecule has 0 aromatic carbocycles. The van der Waals surface area contributed by atoms with Gasteiger partial charge in [-0.2, -0.15) is 0 Å². The van der Waals surface area contributed by atoms with Crippen LogP contribution < -0.4 is 16.4 Å². The summed E-state index contributed by atoms with van der Waals surface area (Å²) in [7, 11) is 0. The number of nitrogens with two attached hydrogens (primary N) is 1. The van der Waals surface area contributed by atoms with Gasteiger partial charge >= 0.3 is 0 Å². The predicted molar refractivity (Wildman–Crippen MR) is 95.9 cm³/mol. The second kappa shape index (κ2) is 19.9. The van der Waals surface area contributed by atoms with Crippen LogP contribution in [0.3, 0.4) is 0 Å². The van der Waals surface area contributed by atoms with Crippen LogP contribution in [0, 0.1) is 0 Å². The van der Waals surface area contributed by atoms with Crippen LogP contribution in [0.25, 0.3) is 0 Å². The summed E-state index contributed by atoms with van der Waals surface area (Å²) in [6.45, 7) is 7.60. The van der Waals surface area contributed by atoms with E-state index >= 15 is 0 Å². The first kappa shape index (κ1) is 20.9. The number of unbranched alkanes of at least 4 members (excludes halogenated alkanes) is 9. The predicted octanol–water partition coefficient (Wildman–Crippen LogP) is 3.83. The maximum atomic E-state index is 5.44. The number of nitrogens with one attached hydrogen (secondary N) is 2. The molecule has 3 nitrogen and oxygen atoms in total. The van der Waals surface area contributed by atoms with Gasteiger partial charge in [0, 0.05) is 0 Å². The summed E-state index contributed by atoms with van der Waals surface area (Å²) in [6, 6.07) is 0.